The second-order valence-corrected chi connectivity index (χ2v) is 19.2. The number of benzene rings is 2. The van der Waals surface area contributed by atoms with Gasteiger partial charge in [0, 0.05) is 54.1 Å². The summed E-state index contributed by atoms with van der Waals surface area (Å²) >= 11 is 2.53. The number of nitrogens with one attached hydrogen (secondary N) is 2. The fraction of sp³-hybridized carbons (Fsp3) is 0.638. The Morgan fingerprint density at radius 1 is 0.797 bits per heavy atom. The Hall–Kier alpha value is -5.87. The van der Waals surface area contributed by atoms with Crippen LogP contribution in [0, 0.1) is 26.1 Å². The molecule has 0 spiro atoms. The number of amides is 2. The molecule has 1 saturated heterocycles. The molecular formula is C47H72N4O21S2. The summed E-state index contributed by atoms with van der Waals surface area (Å²) in [6.07, 6.45) is -3.42. The van der Waals surface area contributed by atoms with E-state index in [4.69, 9.17) is 47.7 Å². The number of hydrogen-bond acceptors (Lipinski definition) is 22. The van der Waals surface area contributed by atoms with Crippen molar-refractivity contribution in [3.05, 3.63) is 55.6 Å². The first kappa shape index (κ1) is 66.1. The van der Waals surface area contributed by atoms with Crippen LogP contribution in [0.1, 0.15) is 78.9 Å². The molecule has 0 aromatic heterocycles. The average Bonchev–Trinajstić information content (AvgIpc) is 3.33. The molecule has 2 amide bonds. The van der Waals surface area contributed by atoms with Gasteiger partial charge < -0.3 is 68.6 Å². The summed E-state index contributed by atoms with van der Waals surface area (Å²) in [6, 6.07) is 3.74. The molecule has 25 nitrogen and oxygen atoms in total. The van der Waals surface area contributed by atoms with E-state index >= 15 is 0 Å². The smallest absolute Gasteiger partial charge is 0.408 e. The number of nitrogens with zero attached hydrogens (tertiary/aromatic N) is 2. The number of esters is 2. The highest BCUT2D eigenvalue weighted by atomic mass is 32.2. The van der Waals surface area contributed by atoms with Gasteiger partial charge in [-0.1, -0.05) is 14.4 Å². The Kier molecular flexibility index (Phi) is 29.6. The van der Waals surface area contributed by atoms with Crippen molar-refractivity contribution >= 4 is 64.8 Å². The van der Waals surface area contributed by atoms with Crippen LogP contribution in [-0.4, -0.2) is 164 Å². The van der Waals surface area contributed by atoms with Crippen LogP contribution in [0.15, 0.2) is 24.3 Å². The largest absolute Gasteiger partial charge is 0.493 e. The van der Waals surface area contributed by atoms with Crippen LogP contribution < -0.4 is 29.6 Å². The van der Waals surface area contributed by atoms with Crippen molar-refractivity contribution in [2.24, 2.45) is 5.92 Å². The quantitative estimate of drug-likeness (QED) is 0.0239. The zero-order valence-corrected chi connectivity index (χ0v) is 44.2. The summed E-state index contributed by atoms with van der Waals surface area (Å²) in [5.74, 6) is -0.954. The number of aliphatic hydroxyl groups is 2. The normalized spacial score (nSPS) is 17.8. The first-order valence-corrected chi connectivity index (χ1v) is 25.0. The molecule has 7 unspecified atom stereocenters. The van der Waals surface area contributed by atoms with Crippen molar-refractivity contribution in [3.63, 3.8) is 0 Å². The number of ether oxygens (including phenoxy) is 9. The molecule has 0 saturated carbocycles. The number of carbonyl (C=O) groups excluding carboxylic acids is 4. The van der Waals surface area contributed by atoms with E-state index in [2.05, 4.69) is 10.6 Å². The minimum atomic E-state index is -1.07. The van der Waals surface area contributed by atoms with Gasteiger partial charge in [0.1, 0.15) is 30.0 Å². The lowest BCUT2D eigenvalue weighted by molar-refractivity contribution is -0.385. The van der Waals surface area contributed by atoms with Crippen LogP contribution in [0.25, 0.3) is 0 Å². The average molecular weight is 1090 g/mol. The van der Waals surface area contributed by atoms with Gasteiger partial charge in [-0.2, -0.15) is 23.5 Å². The fourth-order valence-electron chi connectivity index (χ4n) is 6.82. The number of thioether (sulfide) groups is 2. The predicted molar refractivity (Wildman–Crippen MR) is 272 cm³/mol. The van der Waals surface area contributed by atoms with Crippen molar-refractivity contribution in [1.82, 2.24) is 10.6 Å². The van der Waals surface area contributed by atoms with E-state index in [1.807, 2.05) is 0 Å². The summed E-state index contributed by atoms with van der Waals surface area (Å²) in [4.78, 5) is 81.0. The molecule has 0 radical (unpaired) electrons. The number of carboxylic acids is 1. The predicted octanol–water partition coefficient (Wildman–Crippen LogP) is 5.23. The van der Waals surface area contributed by atoms with Gasteiger partial charge in [0.25, 0.3) is 11.4 Å². The maximum atomic E-state index is 12.5. The van der Waals surface area contributed by atoms with Crippen molar-refractivity contribution in [2.75, 3.05) is 66.9 Å². The third kappa shape index (κ3) is 21.9. The second kappa shape index (κ2) is 33.1. The third-order valence-corrected chi connectivity index (χ3v) is 12.8. The highest BCUT2D eigenvalue weighted by Crippen LogP contribution is 2.38. The van der Waals surface area contributed by atoms with Gasteiger partial charge in [-0.05, 0) is 52.7 Å². The Labute approximate surface area is 438 Å². The van der Waals surface area contributed by atoms with Crippen molar-refractivity contribution in [1.29, 1.82) is 0 Å². The SMILES string of the molecule is C.COC(=O)C(C)CSCc1cc(OC)c(OCCCC(=O)NC2C(C)OC(CO)C(OC)C2O)cc1[N+](=O)[O-].COC(=O)C(CSCc1cc(OC)c(OCCCC(=O)O)cc1[N+](=O)[O-])NC(=O)OC(C)(C)C. The van der Waals surface area contributed by atoms with E-state index in [1.165, 1.54) is 71.6 Å². The maximum absolute atomic E-state index is 12.5. The molecule has 1 fully saturated rings. The first-order chi connectivity index (χ1) is 34.4. The Bertz CT molecular complexity index is 2160. The molecule has 5 N–H and O–H groups in total. The number of aliphatic carboxylic acids is 1. The minimum absolute atomic E-state index is 0. The second-order valence-electron chi connectivity index (χ2n) is 17.1. The number of hydrogen-bond donors (Lipinski definition) is 5. The van der Waals surface area contributed by atoms with Gasteiger partial charge >= 0.3 is 24.0 Å². The number of aliphatic hydroxyl groups excluding tert-OH is 2. The standard InChI is InChI=1S/C25H38N2O11S.C21H30N2O10S.CH4/c1-14(25(31)36-5)12-39-13-16-9-18(34-3)19(10-17(16)27(32)33)37-8-6-7-21(29)26-22-15(2)38-20(11-28)24(35-4)23(22)30;1-21(2,3)33-20(27)22-14(19(26)31-5)12-34-11-13-9-16(30-4)17(10-15(13)23(28)29)32-8-6-7-18(24)25;/h9-10,14-15,20,22-24,28,30H,6-8,11-13H2,1-5H3,(H,26,29);9-10,14H,6-8,11-12H2,1-5H3,(H,22,27)(H,24,25);1H4. The molecule has 1 aliphatic heterocycles. The van der Waals surface area contributed by atoms with Crippen LogP contribution in [0.2, 0.25) is 0 Å². The zero-order valence-electron chi connectivity index (χ0n) is 42.5. The molecule has 7 atom stereocenters. The van der Waals surface area contributed by atoms with Crippen molar-refractivity contribution in [3.8, 4) is 23.0 Å². The van der Waals surface area contributed by atoms with Crippen molar-refractivity contribution < 1.29 is 91.8 Å². The van der Waals surface area contributed by atoms with Gasteiger partial charge in [0.2, 0.25) is 5.91 Å². The molecule has 0 aliphatic carbocycles. The molecule has 2 aromatic carbocycles. The number of methoxy groups -OCH3 is 5. The number of carbonyl (C=O) groups is 5. The summed E-state index contributed by atoms with van der Waals surface area (Å²) in [6.45, 7) is 8.26. The van der Waals surface area contributed by atoms with E-state index in [0.29, 0.717) is 22.6 Å². The topological polar surface area (TPSA) is 339 Å². The highest BCUT2D eigenvalue weighted by molar-refractivity contribution is 7.98. The van der Waals surface area contributed by atoms with E-state index < -0.39 is 70.0 Å². The maximum Gasteiger partial charge on any atom is 0.408 e. The fourth-order valence-corrected chi connectivity index (χ4v) is 8.90. The minimum Gasteiger partial charge on any atom is -0.493 e. The zero-order chi connectivity index (χ0) is 55.0. The number of carboxylic acid groups (broad SMARTS) is 1. The number of alkyl carbamates (subject to hydrolysis) is 1. The third-order valence-electron chi connectivity index (χ3n) is 10.4. The van der Waals surface area contributed by atoms with E-state index in [1.54, 1.807) is 34.6 Å². The molecule has 1 heterocycles. The Morgan fingerprint density at radius 2 is 1.30 bits per heavy atom. The number of nitro groups is 2. The molecule has 2 aromatic rings. The van der Waals surface area contributed by atoms with Gasteiger partial charge in [0.15, 0.2) is 23.0 Å². The lowest BCUT2D eigenvalue weighted by atomic mass is 9.93. The molecule has 0 bridgehead atoms. The lowest BCUT2D eigenvalue weighted by Crippen LogP contribution is -2.63. The van der Waals surface area contributed by atoms with Crippen molar-refractivity contribution in [2.45, 2.75) is 121 Å². The van der Waals surface area contributed by atoms with Crippen LogP contribution in [0.3, 0.4) is 0 Å². The Balaban J connectivity index is 0.000000737. The summed E-state index contributed by atoms with van der Waals surface area (Å²) < 4.78 is 47.3. The molecule has 3 rings (SSSR count). The lowest BCUT2D eigenvalue weighted by Gasteiger charge is -2.42. The van der Waals surface area contributed by atoms with E-state index in [0.717, 1.165) is 11.8 Å². The molecule has 74 heavy (non-hydrogen) atoms. The molecular weight excluding hydrogens is 1020 g/mol. The number of nitro benzene ring substituents is 2. The summed E-state index contributed by atoms with van der Waals surface area (Å²) in [5, 5.41) is 57.2. The summed E-state index contributed by atoms with van der Waals surface area (Å²) in [5.41, 5.74) is -0.393. The molecule has 1 aliphatic rings. The van der Waals surface area contributed by atoms with Gasteiger partial charge in [-0.3, -0.25) is 34.6 Å². The molecule has 27 heteroatoms. The van der Waals surface area contributed by atoms with Gasteiger partial charge in [-0.15, -0.1) is 0 Å². The first-order valence-electron chi connectivity index (χ1n) is 22.7. The molecule has 418 valence electrons. The van der Waals surface area contributed by atoms with Crippen LogP contribution in [-0.2, 0) is 54.4 Å². The summed E-state index contributed by atoms with van der Waals surface area (Å²) in [7, 11) is 6.68. The monoisotopic (exact) mass is 1090 g/mol. The van der Waals surface area contributed by atoms with E-state index in [-0.39, 0.29) is 117 Å². The van der Waals surface area contributed by atoms with Crippen LogP contribution in [0.5, 0.6) is 23.0 Å². The Morgan fingerprint density at radius 3 is 1.73 bits per heavy atom. The van der Waals surface area contributed by atoms with Gasteiger partial charge in [-0.25, -0.2) is 9.59 Å². The van der Waals surface area contributed by atoms with E-state index in [9.17, 15) is 54.4 Å². The number of rotatable bonds is 28. The van der Waals surface area contributed by atoms with Crippen LogP contribution in [0.4, 0.5) is 16.2 Å². The van der Waals surface area contributed by atoms with Gasteiger partial charge in [0.05, 0.1) is 88.3 Å². The highest BCUT2D eigenvalue weighted by Gasteiger charge is 2.44. The van der Waals surface area contributed by atoms with Crippen LogP contribution >= 0.6 is 23.5 Å².